The standard InChI is InChI=1S/C14H13N3O/c1-10-4-5-13(18-2)11(8-10)12-9-17-7-3-6-15-14(17)16-12/h3-9H,1-2H3. The first kappa shape index (κ1) is 10.8. The van der Waals surface area contributed by atoms with Crippen LogP contribution in [0.1, 0.15) is 5.56 Å². The first-order chi connectivity index (χ1) is 8.78. The number of nitrogens with zero attached hydrogens (tertiary/aromatic N) is 3. The fourth-order valence-electron chi connectivity index (χ4n) is 1.98. The Morgan fingerprint density at radius 3 is 2.94 bits per heavy atom. The summed E-state index contributed by atoms with van der Waals surface area (Å²) in [5.74, 6) is 1.51. The van der Waals surface area contributed by atoms with E-state index in [1.807, 2.05) is 35.0 Å². The zero-order valence-corrected chi connectivity index (χ0v) is 10.3. The third-order valence-corrected chi connectivity index (χ3v) is 2.87. The van der Waals surface area contributed by atoms with Gasteiger partial charge in [0.15, 0.2) is 0 Å². The Morgan fingerprint density at radius 1 is 1.28 bits per heavy atom. The number of benzene rings is 1. The van der Waals surface area contributed by atoms with E-state index in [4.69, 9.17) is 4.74 Å². The van der Waals surface area contributed by atoms with Gasteiger partial charge in [0.1, 0.15) is 5.75 Å². The van der Waals surface area contributed by atoms with Gasteiger partial charge in [0.2, 0.25) is 5.78 Å². The van der Waals surface area contributed by atoms with Gasteiger partial charge in [0.05, 0.1) is 12.8 Å². The van der Waals surface area contributed by atoms with Crippen molar-refractivity contribution < 1.29 is 4.74 Å². The Labute approximate surface area is 105 Å². The topological polar surface area (TPSA) is 39.4 Å². The number of ether oxygens (including phenoxy) is 1. The second kappa shape index (κ2) is 4.14. The van der Waals surface area contributed by atoms with Gasteiger partial charge >= 0.3 is 0 Å². The molecule has 0 aliphatic heterocycles. The Kier molecular flexibility index (Phi) is 2.48. The molecule has 0 aliphatic carbocycles. The van der Waals surface area contributed by atoms with E-state index in [0.717, 1.165) is 17.0 Å². The van der Waals surface area contributed by atoms with Gasteiger partial charge in [-0.15, -0.1) is 0 Å². The lowest BCUT2D eigenvalue weighted by Crippen LogP contribution is -1.88. The molecular weight excluding hydrogens is 226 g/mol. The highest BCUT2D eigenvalue weighted by molar-refractivity contribution is 5.69. The molecule has 2 heterocycles. The molecule has 0 N–H and O–H groups in total. The molecule has 0 saturated carbocycles. The van der Waals surface area contributed by atoms with E-state index in [2.05, 4.69) is 23.0 Å². The highest BCUT2D eigenvalue weighted by Crippen LogP contribution is 2.29. The number of imidazole rings is 1. The summed E-state index contributed by atoms with van der Waals surface area (Å²) in [5.41, 5.74) is 3.04. The molecule has 0 aliphatic rings. The lowest BCUT2D eigenvalue weighted by atomic mass is 10.1. The summed E-state index contributed by atoms with van der Waals surface area (Å²) in [7, 11) is 1.67. The third kappa shape index (κ3) is 1.72. The van der Waals surface area contributed by atoms with E-state index < -0.39 is 0 Å². The van der Waals surface area contributed by atoms with Gasteiger partial charge in [-0.2, -0.15) is 0 Å². The predicted molar refractivity (Wildman–Crippen MR) is 69.7 cm³/mol. The van der Waals surface area contributed by atoms with Crippen LogP contribution in [0.3, 0.4) is 0 Å². The molecule has 3 rings (SSSR count). The van der Waals surface area contributed by atoms with Gasteiger partial charge in [-0.3, -0.25) is 4.40 Å². The number of aryl methyl sites for hydroxylation is 1. The summed E-state index contributed by atoms with van der Waals surface area (Å²) in [5, 5.41) is 0. The maximum absolute atomic E-state index is 5.38. The second-order valence-corrected chi connectivity index (χ2v) is 4.16. The van der Waals surface area contributed by atoms with Gasteiger partial charge < -0.3 is 4.74 Å². The minimum Gasteiger partial charge on any atom is -0.496 e. The molecule has 0 radical (unpaired) electrons. The molecule has 0 bridgehead atoms. The van der Waals surface area contributed by atoms with E-state index in [9.17, 15) is 0 Å². The van der Waals surface area contributed by atoms with Crippen LogP contribution < -0.4 is 4.74 Å². The minimum absolute atomic E-state index is 0.691. The largest absolute Gasteiger partial charge is 0.496 e. The van der Waals surface area contributed by atoms with Gasteiger partial charge in [0.25, 0.3) is 0 Å². The van der Waals surface area contributed by atoms with Crippen molar-refractivity contribution in [3.63, 3.8) is 0 Å². The Bertz CT molecular complexity index is 670. The molecule has 0 fully saturated rings. The number of methoxy groups -OCH3 is 1. The lowest BCUT2D eigenvalue weighted by Gasteiger charge is -2.06. The average molecular weight is 239 g/mol. The van der Waals surface area contributed by atoms with Crippen LogP contribution in [0.4, 0.5) is 0 Å². The SMILES string of the molecule is COc1ccc(C)cc1-c1cn2cccnc2n1. The minimum atomic E-state index is 0.691. The molecule has 0 atom stereocenters. The van der Waals surface area contributed by atoms with Crippen molar-refractivity contribution in [2.45, 2.75) is 6.92 Å². The van der Waals surface area contributed by atoms with Gasteiger partial charge in [-0.1, -0.05) is 11.6 Å². The summed E-state index contributed by atoms with van der Waals surface area (Å²) >= 11 is 0. The maximum atomic E-state index is 5.38. The van der Waals surface area contributed by atoms with Crippen LogP contribution in [-0.4, -0.2) is 21.5 Å². The second-order valence-electron chi connectivity index (χ2n) is 4.16. The Hall–Kier alpha value is -2.36. The number of hydrogen-bond donors (Lipinski definition) is 0. The number of aromatic nitrogens is 3. The van der Waals surface area contributed by atoms with Crippen LogP contribution in [0.15, 0.2) is 42.9 Å². The number of fused-ring (bicyclic) bond motifs is 1. The van der Waals surface area contributed by atoms with Crippen LogP contribution in [0, 0.1) is 6.92 Å². The van der Waals surface area contributed by atoms with Crippen molar-refractivity contribution in [1.29, 1.82) is 0 Å². The van der Waals surface area contributed by atoms with Crippen molar-refractivity contribution in [2.75, 3.05) is 7.11 Å². The van der Waals surface area contributed by atoms with E-state index in [1.165, 1.54) is 5.56 Å². The van der Waals surface area contributed by atoms with Crippen molar-refractivity contribution >= 4 is 5.78 Å². The van der Waals surface area contributed by atoms with Crippen molar-refractivity contribution in [1.82, 2.24) is 14.4 Å². The van der Waals surface area contributed by atoms with Crippen LogP contribution in [0.25, 0.3) is 17.0 Å². The van der Waals surface area contributed by atoms with Crippen molar-refractivity contribution in [3.05, 3.63) is 48.4 Å². The number of rotatable bonds is 2. The average Bonchev–Trinajstić information content (AvgIpc) is 2.82. The zero-order chi connectivity index (χ0) is 12.5. The molecular formula is C14H13N3O. The van der Waals surface area contributed by atoms with Crippen molar-refractivity contribution in [2.24, 2.45) is 0 Å². The highest BCUT2D eigenvalue weighted by Gasteiger charge is 2.10. The summed E-state index contributed by atoms with van der Waals surface area (Å²) in [6, 6.07) is 7.94. The van der Waals surface area contributed by atoms with Crippen LogP contribution in [-0.2, 0) is 0 Å². The van der Waals surface area contributed by atoms with E-state index in [0.29, 0.717) is 5.78 Å². The first-order valence-electron chi connectivity index (χ1n) is 5.72. The summed E-state index contributed by atoms with van der Waals surface area (Å²) in [6.45, 7) is 2.05. The van der Waals surface area contributed by atoms with Crippen LogP contribution >= 0.6 is 0 Å². The summed E-state index contributed by atoms with van der Waals surface area (Å²) in [6.07, 6.45) is 5.63. The molecule has 4 nitrogen and oxygen atoms in total. The van der Waals surface area contributed by atoms with E-state index in [-0.39, 0.29) is 0 Å². The third-order valence-electron chi connectivity index (χ3n) is 2.87. The van der Waals surface area contributed by atoms with Gasteiger partial charge in [-0.05, 0) is 25.1 Å². The Balaban J connectivity index is 2.22. The quantitative estimate of drug-likeness (QED) is 0.690. The fourth-order valence-corrected chi connectivity index (χ4v) is 1.98. The molecule has 0 amide bonds. The fraction of sp³-hybridized carbons (Fsp3) is 0.143. The maximum Gasteiger partial charge on any atom is 0.234 e. The molecule has 90 valence electrons. The van der Waals surface area contributed by atoms with Crippen LogP contribution in [0.5, 0.6) is 5.75 Å². The normalized spacial score (nSPS) is 10.8. The summed E-state index contributed by atoms with van der Waals surface area (Å²) in [4.78, 5) is 8.72. The molecule has 0 spiro atoms. The predicted octanol–water partition coefficient (Wildman–Crippen LogP) is 2.71. The monoisotopic (exact) mass is 239 g/mol. The van der Waals surface area contributed by atoms with E-state index in [1.54, 1.807) is 13.3 Å². The zero-order valence-electron chi connectivity index (χ0n) is 10.3. The lowest BCUT2D eigenvalue weighted by molar-refractivity contribution is 0.416. The van der Waals surface area contributed by atoms with Gasteiger partial charge in [0, 0.05) is 24.2 Å². The Morgan fingerprint density at radius 2 is 2.17 bits per heavy atom. The molecule has 0 saturated heterocycles. The smallest absolute Gasteiger partial charge is 0.234 e. The first-order valence-corrected chi connectivity index (χ1v) is 5.72. The summed E-state index contributed by atoms with van der Waals surface area (Å²) < 4.78 is 7.28. The number of hydrogen-bond acceptors (Lipinski definition) is 3. The molecule has 1 aromatic carbocycles. The van der Waals surface area contributed by atoms with E-state index >= 15 is 0 Å². The van der Waals surface area contributed by atoms with Crippen molar-refractivity contribution in [3.8, 4) is 17.0 Å². The molecule has 0 unspecified atom stereocenters. The molecule has 2 aromatic heterocycles. The highest BCUT2D eigenvalue weighted by atomic mass is 16.5. The van der Waals surface area contributed by atoms with Gasteiger partial charge in [-0.25, -0.2) is 9.97 Å². The molecule has 3 aromatic rings. The molecule has 4 heteroatoms. The molecule has 18 heavy (non-hydrogen) atoms. The van der Waals surface area contributed by atoms with Crippen LogP contribution in [0.2, 0.25) is 0 Å².